The van der Waals surface area contributed by atoms with Crippen molar-refractivity contribution < 1.29 is 0 Å². The molecule has 0 radical (unpaired) electrons. The highest BCUT2D eigenvalue weighted by Crippen LogP contribution is 2.22. The number of nitrogens with zero attached hydrogens (tertiary/aromatic N) is 8. The summed E-state index contributed by atoms with van der Waals surface area (Å²) in [4.78, 5) is 18.8. The van der Waals surface area contributed by atoms with Gasteiger partial charge in [0.1, 0.15) is 5.82 Å². The van der Waals surface area contributed by atoms with E-state index in [1.54, 1.807) is 4.90 Å². The second-order valence-corrected chi connectivity index (χ2v) is 6.19. The van der Waals surface area contributed by atoms with Gasteiger partial charge in [-0.05, 0) is 19.9 Å². The molecule has 0 saturated carbocycles. The van der Waals surface area contributed by atoms with Gasteiger partial charge in [0.2, 0.25) is 11.9 Å². The van der Waals surface area contributed by atoms with Gasteiger partial charge in [-0.1, -0.05) is 11.8 Å². The molecular formula is C13H17N9S. The van der Waals surface area contributed by atoms with Crippen LogP contribution in [0.5, 0.6) is 0 Å². The minimum atomic E-state index is 0.207. The van der Waals surface area contributed by atoms with Gasteiger partial charge < -0.3 is 10.6 Å². The summed E-state index contributed by atoms with van der Waals surface area (Å²) in [6, 6.07) is 1.99. The van der Waals surface area contributed by atoms with Gasteiger partial charge in [0.25, 0.3) is 5.78 Å². The molecule has 3 aromatic rings. The third-order valence-corrected chi connectivity index (χ3v) is 4.01. The van der Waals surface area contributed by atoms with Crippen molar-refractivity contribution in [2.24, 2.45) is 0 Å². The monoisotopic (exact) mass is 331 g/mol. The third-order valence-electron chi connectivity index (χ3n) is 3.08. The van der Waals surface area contributed by atoms with Crippen LogP contribution in [0.3, 0.4) is 0 Å². The number of hydrogen-bond donors (Lipinski definition) is 1. The van der Waals surface area contributed by atoms with Gasteiger partial charge in [-0.25, -0.2) is 4.98 Å². The van der Waals surface area contributed by atoms with Crippen LogP contribution in [0, 0.1) is 13.8 Å². The first-order chi connectivity index (χ1) is 10.9. The summed E-state index contributed by atoms with van der Waals surface area (Å²) in [5.74, 6) is 2.45. The topological polar surface area (TPSA) is 111 Å². The van der Waals surface area contributed by atoms with Crippen LogP contribution in [-0.2, 0) is 5.75 Å². The molecule has 2 N–H and O–H groups in total. The van der Waals surface area contributed by atoms with E-state index < -0.39 is 0 Å². The number of aryl methyl sites for hydroxylation is 2. The van der Waals surface area contributed by atoms with Crippen molar-refractivity contribution >= 4 is 29.4 Å². The Morgan fingerprint density at radius 2 is 1.91 bits per heavy atom. The van der Waals surface area contributed by atoms with E-state index in [0.717, 1.165) is 16.5 Å². The van der Waals surface area contributed by atoms with E-state index in [1.165, 1.54) is 11.8 Å². The molecule has 120 valence electrons. The lowest BCUT2D eigenvalue weighted by Gasteiger charge is -2.11. The van der Waals surface area contributed by atoms with E-state index >= 15 is 0 Å². The second-order valence-electron chi connectivity index (χ2n) is 5.25. The van der Waals surface area contributed by atoms with Gasteiger partial charge in [0, 0.05) is 25.5 Å². The molecule has 0 spiro atoms. The van der Waals surface area contributed by atoms with Crippen LogP contribution in [0.15, 0.2) is 11.2 Å². The Hall–Kier alpha value is -2.49. The van der Waals surface area contributed by atoms with E-state index in [0.29, 0.717) is 23.3 Å². The smallest absolute Gasteiger partial charge is 0.256 e. The molecule has 0 atom stereocenters. The summed E-state index contributed by atoms with van der Waals surface area (Å²) in [6.45, 7) is 3.94. The Bertz CT molecular complexity index is 858. The molecule has 0 amide bonds. The Morgan fingerprint density at radius 3 is 2.65 bits per heavy atom. The van der Waals surface area contributed by atoms with E-state index in [-0.39, 0.29) is 5.95 Å². The van der Waals surface area contributed by atoms with Crippen LogP contribution in [0.2, 0.25) is 0 Å². The van der Waals surface area contributed by atoms with Gasteiger partial charge in [-0.15, -0.1) is 10.2 Å². The highest BCUT2D eigenvalue weighted by atomic mass is 32.2. The maximum Gasteiger partial charge on any atom is 0.256 e. The fourth-order valence-electron chi connectivity index (χ4n) is 2.11. The van der Waals surface area contributed by atoms with Crippen LogP contribution in [0.25, 0.3) is 5.78 Å². The van der Waals surface area contributed by atoms with E-state index in [1.807, 2.05) is 38.4 Å². The summed E-state index contributed by atoms with van der Waals surface area (Å²) in [5.41, 5.74) is 7.68. The predicted octanol–water partition coefficient (Wildman–Crippen LogP) is 0.867. The van der Waals surface area contributed by atoms with Gasteiger partial charge in [0.05, 0.1) is 5.75 Å². The molecular weight excluding hydrogens is 314 g/mol. The van der Waals surface area contributed by atoms with Crippen molar-refractivity contribution in [3.63, 3.8) is 0 Å². The number of aromatic nitrogens is 7. The summed E-state index contributed by atoms with van der Waals surface area (Å²) in [5, 5.41) is 9.05. The first kappa shape index (κ1) is 15.4. The maximum atomic E-state index is 5.74. The Balaban J connectivity index is 1.87. The average Bonchev–Trinajstić information content (AvgIpc) is 2.87. The van der Waals surface area contributed by atoms with E-state index in [2.05, 4.69) is 30.1 Å². The highest BCUT2D eigenvalue weighted by molar-refractivity contribution is 7.98. The molecule has 0 fully saturated rings. The van der Waals surface area contributed by atoms with Gasteiger partial charge in [-0.2, -0.15) is 15.0 Å². The zero-order valence-corrected chi connectivity index (χ0v) is 14.2. The molecule has 0 aliphatic rings. The lowest BCUT2D eigenvalue weighted by molar-refractivity contribution is 0.879. The van der Waals surface area contributed by atoms with E-state index in [4.69, 9.17) is 5.73 Å². The van der Waals surface area contributed by atoms with Gasteiger partial charge in [-0.3, -0.25) is 4.40 Å². The summed E-state index contributed by atoms with van der Waals surface area (Å²) < 4.78 is 1.91. The molecule has 3 aromatic heterocycles. The molecule has 0 bridgehead atoms. The molecule has 3 heterocycles. The van der Waals surface area contributed by atoms with Crippen LogP contribution in [0.1, 0.15) is 17.2 Å². The summed E-state index contributed by atoms with van der Waals surface area (Å²) in [7, 11) is 3.71. The van der Waals surface area contributed by atoms with Crippen molar-refractivity contribution in [3.8, 4) is 0 Å². The maximum absolute atomic E-state index is 5.74. The first-order valence-corrected chi connectivity index (χ1v) is 7.92. The number of nitrogen functional groups attached to an aromatic ring is 1. The Morgan fingerprint density at radius 1 is 1.13 bits per heavy atom. The Kier molecular flexibility index (Phi) is 3.99. The molecule has 0 unspecified atom stereocenters. The molecule has 0 saturated heterocycles. The third kappa shape index (κ3) is 3.16. The van der Waals surface area contributed by atoms with Crippen LogP contribution < -0.4 is 10.6 Å². The van der Waals surface area contributed by atoms with Crippen molar-refractivity contribution in [1.82, 2.24) is 34.5 Å². The molecule has 0 aromatic carbocycles. The minimum absolute atomic E-state index is 0.207. The second kappa shape index (κ2) is 5.95. The lowest BCUT2D eigenvalue weighted by Crippen LogP contribution is -2.16. The number of rotatable bonds is 4. The molecule has 0 aliphatic carbocycles. The summed E-state index contributed by atoms with van der Waals surface area (Å²) in [6.07, 6.45) is 0. The van der Waals surface area contributed by atoms with Gasteiger partial charge in [0.15, 0.2) is 5.16 Å². The van der Waals surface area contributed by atoms with Crippen LogP contribution >= 0.6 is 11.8 Å². The number of hydrogen-bond acceptors (Lipinski definition) is 9. The van der Waals surface area contributed by atoms with Crippen molar-refractivity contribution in [2.75, 3.05) is 24.7 Å². The number of nitrogens with two attached hydrogens (primary N) is 1. The molecule has 23 heavy (non-hydrogen) atoms. The zero-order valence-electron chi connectivity index (χ0n) is 13.3. The highest BCUT2D eigenvalue weighted by Gasteiger charge is 2.12. The molecule has 0 aliphatic heterocycles. The number of anilines is 2. The Labute approximate surface area is 137 Å². The molecule has 9 nitrogen and oxygen atoms in total. The van der Waals surface area contributed by atoms with E-state index in [9.17, 15) is 0 Å². The SMILES string of the molecule is Cc1cc(C)n2c(SCc3nc(N)nc(N(C)C)n3)nnc2n1. The van der Waals surface area contributed by atoms with Gasteiger partial charge >= 0.3 is 0 Å². The van der Waals surface area contributed by atoms with Crippen LogP contribution in [0.4, 0.5) is 11.9 Å². The van der Waals surface area contributed by atoms with Crippen LogP contribution in [-0.4, -0.2) is 48.6 Å². The summed E-state index contributed by atoms with van der Waals surface area (Å²) >= 11 is 1.48. The van der Waals surface area contributed by atoms with Crippen molar-refractivity contribution in [2.45, 2.75) is 24.8 Å². The largest absolute Gasteiger partial charge is 0.368 e. The zero-order chi connectivity index (χ0) is 16.6. The van der Waals surface area contributed by atoms with Crippen molar-refractivity contribution in [1.29, 1.82) is 0 Å². The molecule has 3 rings (SSSR count). The quantitative estimate of drug-likeness (QED) is 0.696. The van der Waals surface area contributed by atoms with Crippen molar-refractivity contribution in [3.05, 3.63) is 23.3 Å². The standard InChI is InChI=1S/C13H17N9S/c1-7-5-8(2)22-12(15-7)19-20-13(22)23-6-9-16-10(14)18-11(17-9)21(3)4/h5H,6H2,1-4H3,(H2,14,16,17,18). The number of thioether (sulfide) groups is 1. The average molecular weight is 331 g/mol. The number of fused-ring (bicyclic) bond motifs is 1. The first-order valence-electron chi connectivity index (χ1n) is 6.94. The lowest BCUT2D eigenvalue weighted by atomic mass is 10.3. The fraction of sp³-hybridized carbons (Fsp3) is 0.385. The molecule has 10 heteroatoms. The predicted molar refractivity (Wildman–Crippen MR) is 88.4 cm³/mol. The fourth-order valence-corrected chi connectivity index (χ4v) is 2.95. The normalized spacial score (nSPS) is 11.1. The minimum Gasteiger partial charge on any atom is -0.368 e.